The van der Waals surface area contributed by atoms with Crippen LogP contribution in [-0.4, -0.2) is 37.0 Å². The average Bonchev–Trinajstić information content (AvgIpc) is 2.44. The van der Waals surface area contributed by atoms with Gasteiger partial charge in [-0.3, -0.25) is 4.79 Å². The maximum atomic E-state index is 13.2. The third-order valence-electron chi connectivity index (χ3n) is 3.89. The van der Waals surface area contributed by atoms with E-state index < -0.39 is 5.82 Å². The Balaban J connectivity index is 1.83. The van der Waals surface area contributed by atoms with E-state index in [9.17, 15) is 9.18 Å². The highest BCUT2D eigenvalue weighted by Crippen LogP contribution is 2.16. The van der Waals surface area contributed by atoms with Crippen LogP contribution in [0.15, 0.2) is 18.2 Å². The summed E-state index contributed by atoms with van der Waals surface area (Å²) in [5.41, 5.74) is 6.10. The topological polar surface area (TPSA) is 58.4 Å². The Bertz CT molecular complexity index is 450. The molecule has 1 aliphatic rings. The monoisotopic (exact) mass is 279 g/mol. The maximum Gasteiger partial charge on any atom is 0.251 e. The molecule has 110 valence electrons. The molecule has 4 nitrogen and oxygen atoms in total. The molecule has 0 radical (unpaired) electrons. The molecule has 1 amide bonds. The van der Waals surface area contributed by atoms with E-state index in [2.05, 4.69) is 17.1 Å². The van der Waals surface area contributed by atoms with Crippen LogP contribution in [0.25, 0.3) is 0 Å². The first-order chi connectivity index (χ1) is 9.58. The Morgan fingerprint density at radius 1 is 1.40 bits per heavy atom. The second-order valence-corrected chi connectivity index (χ2v) is 5.36. The van der Waals surface area contributed by atoms with Gasteiger partial charge in [-0.25, -0.2) is 4.39 Å². The number of hydrogen-bond donors (Lipinski definition) is 2. The number of carbonyl (C=O) groups excluding carboxylic acids is 1. The number of nitrogens with zero attached hydrogens (tertiary/aromatic N) is 1. The zero-order chi connectivity index (χ0) is 14.5. The number of likely N-dealkylation sites (tertiary alicyclic amines) is 1. The Morgan fingerprint density at radius 3 is 2.70 bits per heavy atom. The van der Waals surface area contributed by atoms with E-state index in [4.69, 9.17) is 5.73 Å². The van der Waals surface area contributed by atoms with Gasteiger partial charge in [-0.05, 0) is 56.6 Å². The summed E-state index contributed by atoms with van der Waals surface area (Å²) in [4.78, 5) is 14.4. The molecule has 0 bridgehead atoms. The van der Waals surface area contributed by atoms with E-state index in [-0.39, 0.29) is 17.2 Å². The normalized spacial score (nSPS) is 17.1. The molecule has 1 saturated heterocycles. The molecule has 0 aromatic heterocycles. The zero-order valence-corrected chi connectivity index (χ0v) is 11.9. The molecule has 0 saturated carbocycles. The summed E-state index contributed by atoms with van der Waals surface area (Å²) in [5, 5.41) is 2.88. The summed E-state index contributed by atoms with van der Waals surface area (Å²) >= 11 is 0. The van der Waals surface area contributed by atoms with E-state index in [1.165, 1.54) is 18.2 Å². The minimum Gasteiger partial charge on any atom is -0.399 e. The molecule has 0 atom stereocenters. The van der Waals surface area contributed by atoms with Gasteiger partial charge in [-0.1, -0.05) is 6.92 Å². The van der Waals surface area contributed by atoms with Gasteiger partial charge >= 0.3 is 0 Å². The Hall–Kier alpha value is -1.62. The van der Waals surface area contributed by atoms with Crippen LogP contribution in [0, 0.1) is 11.7 Å². The largest absolute Gasteiger partial charge is 0.399 e. The molecule has 20 heavy (non-hydrogen) atoms. The first-order valence-corrected chi connectivity index (χ1v) is 7.15. The van der Waals surface area contributed by atoms with Crippen LogP contribution in [0.1, 0.15) is 30.1 Å². The molecule has 1 fully saturated rings. The third-order valence-corrected chi connectivity index (χ3v) is 3.89. The first kappa shape index (κ1) is 14.8. The van der Waals surface area contributed by atoms with E-state index in [1.54, 1.807) is 0 Å². The molecular weight excluding hydrogens is 257 g/mol. The molecule has 1 aromatic carbocycles. The summed E-state index contributed by atoms with van der Waals surface area (Å²) in [6, 6.07) is 3.92. The molecular formula is C15H22FN3O. The summed E-state index contributed by atoms with van der Waals surface area (Å²) in [7, 11) is 0. The number of halogens is 1. The van der Waals surface area contributed by atoms with Crippen molar-refractivity contribution in [3.63, 3.8) is 0 Å². The number of nitrogen functional groups attached to an aromatic ring is 1. The number of nitrogens with one attached hydrogen (secondary N) is 1. The van der Waals surface area contributed by atoms with Crippen molar-refractivity contribution in [3.05, 3.63) is 29.6 Å². The number of piperidine rings is 1. The predicted molar refractivity (Wildman–Crippen MR) is 78.0 cm³/mol. The molecule has 1 aliphatic heterocycles. The Kier molecular flexibility index (Phi) is 4.95. The molecule has 1 aromatic rings. The fraction of sp³-hybridized carbons (Fsp3) is 0.533. The van der Waals surface area contributed by atoms with Crippen LogP contribution in [0.3, 0.4) is 0 Å². The van der Waals surface area contributed by atoms with E-state index in [1.807, 2.05) is 0 Å². The van der Waals surface area contributed by atoms with Gasteiger partial charge < -0.3 is 16.0 Å². The van der Waals surface area contributed by atoms with E-state index >= 15 is 0 Å². The van der Waals surface area contributed by atoms with Crippen LogP contribution >= 0.6 is 0 Å². The second-order valence-electron chi connectivity index (χ2n) is 5.36. The number of carbonyl (C=O) groups is 1. The summed E-state index contributed by atoms with van der Waals surface area (Å²) < 4.78 is 13.2. The van der Waals surface area contributed by atoms with Gasteiger partial charge in [0.25, 0.3) is 5.91 Å². The number of anilines is 1. The predicted octanol–water partition coefficient (Wildman–Crippen LogP) is 1.87. The van der Waals surface area contributed by atoms with Crippen LogP contribution in [-0.2, 0) is 0 Å². The summed E-state index contributed by atoms with van der Waals surface area (Å²) in [6.45, 7) is 6.07. The standard InChI is InChI=1S/C15H22FN3O/c1-2-19-5-3-11(4-6-19)10-18-15(20)12-7-13(16)9-14(17)8-12/h7-9,11H,2-6,10,17H2,1H3,(H,18,20). The minimum absolute atomic E-state index is 0.255. The molecule has 5 heteroatoms. The Morgan fingerprint density at radius 2 is 2.10 bits per heavy atom. The number of hydrogen-bond acceptors (Lipinski definition) is 3. The van der Waals surface area contributed by atoms with Crippen molar-refractivity contribution in [1.29, 1.82) is 0 Å². The smallest absolute Gasteiger partial charge is 0.251 e. The fourth-order valence-electron chi connectivity index (χ4n) is 2.59. The summed E-state index contributed by atoms with van der Waals surface area (Å²) in [5.74, 6) is -0.229. The van der Waals surface area contributed by atoms with Crippen LogP contribution < -0.4 is 11.1 Å². The molecule has 1 heterocycles. The lowest BCUT2D eigenvalue weighted by Crippen LogP contribution is -2.38. The highest BCUT2D eigenvalue weighted by Gasteiger charge is 2.19. The van der Waals surface area contributed by atoms with Crippen LogP contribution in [0.5, 0.6) is 0 Å². The van der Waals surface area contributed by atoms with Crippen molar-refractivity contribution in [2.24, 2.45) is 5.92 Å². The molecule has 2 rings (SSSR count). The number of nitrogens with two attached hydrogens (primary N) is 1. The fourth-order valence-corrected chi connectivity index (χ4v) is 2.59. The SMILES string of the molecule is CCN1CCC(CNC(=O)c2cc(N)cc(F)c2)CC1. The van der Waals surface area contributed by atoms with Crippen molar-refractivity contribution >= 4 is 11.6 Å². The maximum absolute atomic E-state index is 13.2. The number of amides is 1. The number of rotatable bonds is 4. The van der Waals surface area contributed by atoms with Crippen molar-refractivity contribution in [2.75, 3.05) is 31.9 Å². The highest BCUT2D eigenvalue weighted by molar-refractivity contribution is 5.95. The van der Waals surface area contributed by atoms with Gasteiger partial charge in [0.1, 0.15) is 5.82 Å². The minimum atomic E-state index is -0.480. The highest BCUT2D eigenvalue weighted by atomic mass is 19.1. The van der Waals surface area contributed by atoms with Crippen molar-refractivity contribution in [3.8, 4) is 0 Å². The first-order valence-electron chi connectivity index (χ1n) is 7.15. The van der Waals surface area contributed by atoms with Gasteiger partial charge in [0.05, 0.1) is 0 Å². The van der Waals surface area contributed by atoms with Gasteiger partial charge in [0.2, 0.25) is 0 Å². The molecule has 0 spiro atoms. The third kappa shape index (κ3) is 3.93. The van der Waals surface area contributed by atoms with Crippen molar-refractivity contribution in [1.82, 2.24) is 10.2 Å². The van der Waals surface area contributed by atoms with Crippen LogP contribution in [0.2, 0.25) is 0 Å². The average molecular weight is 279 g/mol. The van der Waals surface area contributed by atoms with Gasteiger partial charge in [0.15, 0.2) is 0 Å². The van der Waals surface area contributed by atoms with E-state index in [0.29, 0.717) is 12.5 Å². The van der Waals surface area contributed by atoms with E-state index in [0.717, 1.165) is 32.5 Å². The zero-order valence-electron chi connectivity index (χ0n) is 11.9. The second kappa shape index (κ2) is 6.70. The van der Waals surface area contributed by atoms with Gasteiger partial charge in [-0.15, -0.1) is 0 Å². The Labute approximate surface area is 119 Å². The van der Waals surface area contributed by atoms with Crippen molar-refractivity contribution in [2.45, 2.75) is 19.8 Å². The quantitative estimate of drug-likeness (QED) is 0.827. The lowest BCUT2D eigenvalue weighted by atomic mass is 9.96. The summed E-state index contributed by atoms with van der Waals surface area (Å²) in [6.07, 6.45) is 2.19. The van der Waals surface area contributed by atoms with Gasteiger partial charge in [0, 0.05) is 17.8 Å². The molecule has 3 N–H and O–H groups in total. The van der Waals surface area contributed by atoms with Crippen LogP contribution in [0.4, 0.5) is 10.1 Å². The number of benzene rings is 1. The van der Waals surface area contributed by atoms with Crippen molar-refractivity contribution < 1.29 is 9.18 Å². The van der Waals surface area contributed by atoms with Gasteiger partial charge in [-0.2, -0.15) is 0 Å². The lowest BCUT2D eigenvalue weighted by molar-refractivity contribution is 0.0936. The molecule has 0 aliphatic carbocycles. The molecule has 0 unspecified atom stereocenters. The lowest BCUT2D eigenvalue weighted by Gasteiger charge is -2.31.